The lowest BCUT2D eigenvalue weighted by molar-refractivity contribution is 0.209. The summed E-state index contributed by atoms with van der Waals surface area (Å²) < 4.78 is 1.84. The van der Waals surface area contributed by atoms with Crippen LogP contribution < -0.4 is 5.73 Å². The second-order valence-electron chi connectivity index (χ2n) is 4.18. The molecule has 1 aromatic heterocycles. The molecule has 1 unspecified atom stereocenters. The van der Waals surface area contributed by atoms with E-state index >= 15 is 0 Å². The van der Waals surface area contributed by atoms with Crippen molar-refractivity contribution in [2.45, 2.75) is 32.7 Å². The molecule has 4 nitrogen and oxygen atoms in total. The summed E-state index contributed by atoms with van der Waals surface area (Å²) in [4.78, 5) is 2.43. The second kappa shape index (κ2) is 6.66. The maximum atomic E-state index is 5.88. The van der Waals surface area contributed by atoms with Crippen LogP contribution in [0.5, 0.6) is 0 Å². The molecule has 0 fully saturated rings. The van der Waals surface area contributed by atoms with Crippen molar-refractivity contribution in [2.24, 2.45) is 12.8 Å². The lowest BCUT2D eigenvalue weighted by Crippen LogP contribution is -2.34. The van der Waals surface area contributed by atoms with E-state index in [4.69, 9.17) is 5.73 Å². The number of hydrogen-bond acceptors (Lipinski definition) is 3. The minimum Gasteiger partial charge on any atom is -0.329 e. The fraction of sp³-hybridized carbons (Fsp3) is 0.750. The minimum atomic E-state index is 0.310. The molecule has 0 saturated carbocycles. The highest BCUT2D eigenvalue weighted by Gasteiger charge is 2.18. The van der Waals surface area contributed by atoms with Crippen molar-refractivity contribution in [1.82, 2.24) is 14.7 Å². The van der Waals surface area contributed by atoms with Crippen molar-refractivity contribution in [2.75, 3.05) is 19.6 Å². The Hall–Kier alpha value is -0.870. The number of rotatable bonds is 7. The van der Waals surface area contributed by atoms with E-state index < -0.39 is 0 Å². The first-order valence-electron chi connectivity index (χ1n) is 6.15. The van der Waals surface area contributed by atoms with Crippen LogP contribution >= 0.6 is 0 Å². The Bertz CT molecular complexity index is 295. The van der Waals surface area contributed by atoms with Gasteiger partial charge >= 0.3 is 0 Å². The van der Waals surface area contributed by atoms with Crippen LogP contribution in [0, 0.1) is 0 Å². The predicted octanol–water partition coefficient (Wildman–Crippen LogP) is 1.54. The molecule has 16 heavy (non-hydrogen) atoms. The fourth-order valence-corrected chi connectivity index (χ4v) is 2.00. The molecule has 0 aromatic carbocycles. The zero-order valence-corrected chi connectivity index (χ0v) is 10.7. The number of aryl methyl sites for hydroxylation is 1. The van der Waals surface area contributed by atoms with Gasteiger partial charge in [-0.05, 0) is 19.5 Å². The number of nitrogens with zero attached hydrogens (tertiary/aromatic N) is 3. The van der Waals surface area contributed by atoms with Gasteiger partial charge in [0.15, 0.2) is 0 Å². The van der Waals surface area contributed by atoms with E-state index in [0.717, 1.165) is 13.1 Å². The van der Waals surface area contributed by atoms with Crippen molar-refractivity contribution < 1.29 is 0 Å². The van der Waals surface area contributed by atoms with E-state index in [1.165, 1.54) is 18.4 Å². The zero-order valence-electron chi connectivity index (χ0n) is 10.7. The van der Waals surface area contributed by atoms with Crippen molar-refractivity contribution >= 4 is 0 Å². The lowest BCUT2D eigenvalue weighted by Gasteiger charge is -2.28. The predicted molar refractivity (Wildman–Crippen MR) is 67.2 cm³/mol. The van der Waals surface area contributed by atoms with Gasteiger partial charge in [-0.25, -0.2) is 0 Å². The molecular weight excluding hydrogens is 200 g/mol. The van der Waals surface area contributed by atoms with Crippen LogP contribution in [0.4, 0.5) is 0 Å². The van der Waals surface area contributed by atoms with Crippen LogP contribution in [0.2, 0.25) is 0 Å². The third-order valence-electron chi connectivity index (χ3n) is 2.98. The quantitative estimate of drug-likeness (QED) is 0.764. The van der Waals surface area contributed by atoms with Gasteiger partial charge in [-0.3, -0.25) is 9.58 Å². The summed E-state index contributed by atoms with van der Waals surface area (Å²) in [5, 5.41) is 4.22. The Labute approximate surface area is 98.4 Å². The third kappa shape index (κ3) is 3.32. The van der Waals surface area contributed by atoms with Crippen molar-refractivity contribution in [3.05, 3.63) is 18.0 Å². The Balaban J connectivity index is 2.70. The standard InChI is InChI=1S/C12H24N4/c1-4-6-7-16(5-2)12(8-13)11-9-14-15(3)10-11/h9-10,12H,4-8,13H2,1-3H3. The van der Waals surface area contributed by atoms with Crippen molar-refractivity contribution in [3.8, 4) is 0 Å². The summed E-state index contributed by atoms with van der Waals surface area (Å²) in [5.74, 6) is 0. The van der Waals surface area contributed by atoms with Crippen LogP contribution in [-0.2, 0) is 7.05 Å². The van der Waals surface area contributed by atoms with Gasteiger partial charge in [0.2, 0.25) is 0 Å². The number of likely N-dealkylation sites (N-methyl/N-ethyl adjacent to an activating group) is 1. The van der Waals surface area contributed by atoms with E-state index in [1.54, 1.807) is 0 Å². The van der Waals surface area contributed by atoms with Crippen molar-refractivity contribution in [1.29, 1.82) is 0 Å². The highest BCUT2D eigenvalue weighted by molar-refractivity contribution is 5.11. The molecular formula is C12H24N4. The molecule has 0 spiro atoms. The van der Waals surface area contributed by atoms with Crippen LogP contribution in [0.25, 0.3) is 0 Å². The average molecular weight is 224 g/mol. The van der Waals surface area contributed by atoms with Crippen molar-refractivity contribution in [3.63, 3.8) is 0 Å². The van der Waals surface area contributed by atoms with Crippen LogP contribution in [0.15, 0.2) is 12.4 Å². The monoisotopic (exact) mass is 224 g/mol. The van der Waals surface area contributed by atoms with Gasteiger partial charge in [0.25, 0.3) is 0 Å². The Kier molecular flexibility index (Phi) is 5.49. The van der Waals surface area contributed by atoms with E-state index in [9.17, 15) is 0 Å². The minimum absolute atomic E-state index is 0.310. The topological polar surface area (TPSA) is 47.1 Å². The number of hydrogen-bond donors (Lipinski definition) is 1. The molecule has 1 rings (SSSR count). The normalized spacial score (nSPS) is 13.3. The van der Waals surface area contributed by atoms with Gasteiger partial charge in [-0.1, -0.05) is 20.3 Å². The maximum absolute atomic E-state index is 5.88. The van der Waals surface area contributed by atoms with Crippen LogP contribution in [0.3, 0.4) is 0 Å². The Morgan fingerprint density at radius 3 is 2.69 bits per heavy atom. The summed E-state index contributed by atoms with van der Waals surface area (Å²) in [7, 11) is 1.94. The molecule has 1 aromatic rings. The van der Waals surface area contributed by atoms with Crippen LogP contribution in [0.1, 0.15) is 38.3 Å². The van der Waals surface area contributed by atoms with E-state index in [1.807, 2.05) is 17.9 Å². The molecule has 92 valence electrons. The summed E-state index contributed by atoms with van der Waals surface area (Å²) in [6.07, 6.45) is 6.43. The first kappa shape index (κ1) is 13.2. The zero-order chi connectivity index (χ0) is 12.0. The molecule has 0 bridgehead atoms. The number of unbranched alkanes of at least 4 members (excludes halogenated alkanes) is 1. The molecule has 0 aliphatic carbocycles. The molecule has 0 aliphatic rings. The summed E-state index contributed by atoms with van der Waals surface area (Å²) >= 11 is 0. The molecule has 0 saturated heterocycles. The number of aromatic nitrogens is 2. The van der Waals surface area contributed by atoms with Gasteiger partial charge in [0.05, 0.1) is 12.2 Å². The average Bonchev–Trinajstić information content (AvgIpc) is 2.70. The lowest BCUT2D eigenvalue weighted by atomic mass is 10.1. The largest absolute Gasteiger partial charge is 0.329 e. The molecule has 1 heterocycles. The van der Waals surface area contributed by atoms with Gasteiger partial charge < -0.3 is 5.73 Å². The number of nitrogens with two attached hydrogens (primary N) is 1. The van der Waals surface area contributed by atoms with Gasteiger partial charge in [0, 0.05) is 25.4 Å². The first-order chi connectivity index (χ1) is 7.72. The molecule has 1 atom stereocenters. The Morgan fingerprint density at radius 2 is 2.25 bits per heavy atom. The Morgan fingerprint density at radius 1 is 1.50 bits per heavy atom. The van der Waals surface area contributed by atoms with Gasteiger partial charge in [-0.15, -0.1) is 0 Å². The summed E-state index contributed by atoms with van der Waals surface area (Å²) in [6, 6.07) is 0.310. The SMILES string of the molecule is CCCCN(CC)C(CN)c1cnn(C)c1. The third-order valence-corrected chi connectivity index (χ3v) is 2.98. The molecule has 0 aliphatic heterocycles. The van der Waals surface area contributed by atoms with E-state index in [-0.39, 0.29) is 0 Å². The molecule has 4 heteroatoms. The summed E-state index contributed by atoms with van der Waals surface area (Å²) in [6.45, 7) is 7.22. The smallest absolute Gasteiger partial charge is 0.0538 e. The highest BCUT2D eigenvalue weighted by atomic mass is 15.2. The molecule has 2 N–H and O–H groups in total. The molecule has 0 amide bonds. The van der Waals surface area contributed by atoms with Gasteiger partial charge in [-0.2, -0.15) is 5.10 Å². The first-order valence-corrected chi connectivity index (χ1v) is 6.15. The van der Waals surface area contributed by atoms with E-state index in [2.05, 4.69) is 30.0 Å². The van der Waals surface area contributed by atoms with E-state index in [0.29, 0.717) is 12.6 Å². The van der Waals surface area contributed by atoms with Crippen LogP contribution in [-0.4, -0.2) is 34.3 Å². The highest BCUT2D eigenvalue weighted by Crippen LogP contribution is 2.19. The summed E-state index contributed by atoms with van der Waals surface area (Å²) in [5.41, 5.74) is 7.11. The molecule has 0 radical (unpaired) electrons. The van der Waals surface area contributed by atoms with Gasteiger partial charge in [0.1, 0.15) is 0 Å². The second-order valence-corrected chi connectivity index (χ2v) is 4.18. The fourth-order valence-electron chi connectivity index (χ4n) is 2.00. The maximum Gasteiger partial charge on any atom is 0.0538 e.